The molecule has 0 spiro atoms. The van der Waals surface area contributed by atoms with Gasteiger partial charge in [-0.1, -0.05) is 29.8 Å². The van der Waals surface area contributed by atoms with Crippen LogP contribution in [0.15, 0.2) is 42.5 Å². The molecule has 2 nitrogen and oxygen atoms in total. The number of carbonyl (C=O) groups is 1. The summed E-state index contributed by atoms with van der Waals surface area (Å²) >= 11 is 6.04. The highest BCUT2D eigenvalue weighted by atomic mass is 35.5. The molecule has 2 rings (SSSR count). The minimum absolute atomic E-state index is 0.0474. The van der Waals surface area contributed by atoms with Crippen molar-refractivity contribution < 1.29 is 4.79 Å². The Labute approximate surface area is 111 Å². The van der Waals surface area contributed by atoms with Crippen LogP contribution in [0.1, 0.15) is 21.5 Å². The van der Waals surface area contributed by atoms with Crippen molar-refractivity contribution in [3.05, 3.63) is 64.2 Å². The number of carbonyl (C=O) groups excluding carboxylic acids is 1. The molecule has 92 valence electrons. The molecule has 0 heterocycles. The first-order valence-electron chi connectivity index (χ1n) is 5.70. The van der Waals surface area contributed by atoms with Crippen LogP contribution in [0.4, 0.5) is 5.69 Å². The molecule has 0 aliphatic carbocycles. The summed E-state index contributed by atoms with van der Waals surface area (Å²) in [6.45, 7) is 1.89. The van der Waals surface area contributed by atoms with Crippen molar-refractivity contribution in [3.8, 4) is 0 Å². The Morgan fingerprint density at radius 1 is 1.22 bits per heavy atom. The van der Waals surface area contributed by atoms with E-state index in [9.17, 15) is 4.79 Å². The van der Waals surface area contributed by atoms with Crippen molar-refractivity contribution in [1.82, 2.24) is 0 Å². The summed E-state index contributed by atoms with van der Waals surface area (Å²) < 4.78 is 0. The minimum atomic E-state index is 0.0474. The SMILES string of the molecule is Cc1cc(C(=O)Cc2ccccc2Cl)ccc1N. The van der Waals surface area contributed by atoms with Crippen LogP contribution in [0.2, 0.25) is 5.02 Å². The molecule has 0 aromatic heterocycles. The lowest BCUT2D eigenvalue weighted by Crippen LogP contribution is -2.05. The van der Waals surface area contributed by atoms with E-state index in [2.05, 4.69) is 0 Å². The molecule has 3 heteroatoms. The van der Waals surface area contributed by atoms with E-state index in [1.54, 1.807) is 18.2 Å². The highest BCUT2D eigenvalue weighted by Gasteiger charge is 2.10. The molecule has 2 N–H and O–H groups in total. The summed E-state index contributed by atoms with van der Waals surface area (Å²) in [5.74, 6) is 0.0474. The summed E-state index contributed by atoms with van der Waals surface area (Å²) in [7, 11) is 0. The predicted octanol–water partition coefficient (Wildman–Crippen LogP) is 3.66. The van der Waals surface area contributed by atoms with Gasteiger partial charge in [0.15, 0.2) is 5.78 Å². The number of ketones is 1. The number of rotatable bonds is 3. The van der Waals surface area contributed by atoms with Gasteiger partial charge in [-0.05, 0) is 42.3 Å². The molecule has 0 radical (unpaired) electrons. The van der Waals surface area contributed by atoms with Gasteiger partial charge in [0, 0.05) is 22.7 Å². The van der Waals surface area contributed by atoms with E-state index in [4.69, 9.17) is 17.3 Å². The fourth-order valence-electron chi connectivity index (χ4n) is 1.77. The number of hydrogen-bond donors (Lipinski definition) is 1. The minimum Gasteiger partial charge on any atom is -0.399 e. The molecule has 18 heavy (non-hydrogen) atoms. The number of halogens is 1. The Morgan fingerprint density at radius 2 is 1.94 bits per heavy atom. The number of nitrogen functional groups attached to an aromatic ring is 1. The number of hydrogen-bond acceptors (Lipinski definition) is 2. The van der Waals surface area contributed by atoms with E-state index in [0.717, 1.165) is 11.1 Å². The van der Waals surface area contributed by atoms with E-state index < -0.39 is 0 Å². The van der Waals surface area contributed by atoms with E-state index in [0.29, 0.717) is 22.7 Å². The zero-order valence-electron chi connectivity index (χ0n) is 10.1. The van der Waals surface area contributed by atoms with Gasteiger partial charge in [-0.25, -0.2) is 0 Å². The van der Waals surface area contributed by atoms with Gasteiger partial charge in [-0.2, -0.15) is 0 Å². The normalized spacial score (nSPS) is 10.3. The quantitative estimate of drug-likeness (QED) is 0.675. The lowest BCUT2D eigenvalue weighted by molar-refractivity contribution is 0.0993. The van der Waals surface area contributed by atoms with Crippen molar-refractivity contribution in [3.63, 3.8) is 0 Å². The van der Waals surface area contributed by atoms with Gasteiger partial charge in [-0.15, -0.1) is 0 Å². The molecular weight excluding hydrogens is 246 g/mol. The van der Waals surface area contributed by atoms with E-state index >= 15 is 0 Å². The summed E-state index contributed by atoms with van der Waals surface area (Å²) in [4.78, 5) is 12.1. The Hall–Kier alpha value is -1.80. The van der Waals surface area contributed by atoms with Crippen LogP contribution in [0.5, 0.6) is 0 Å². The van der Waals surface area contributed by atoms with Crippen molar-refractivity contribution in [2.45, 2.75) is 13.3 Å². The fraction of sp³-hybridized carbons (Fsp3) is 0.133. The number of anilines is 1. The van der Waals surface area contributed by atoms with Crippen molar-refractivity contribution in [2.75, 3.05) is 5.73 Å². The smallest absolute Gasteiger partial charge is 0.167 e. The van der Waals surface area contributed by atoms with Crippen LogP contribution in [-0.4, -0.2) is 5.78 Å². The summed E-state index contributed by atoms with van der Waals surface area (Å²) in [6, 6.07) is 12.7. The average molecular weight is 260 g/mol. The Balaban J connectivity index is 2.22. The first-order valence-corrected chi connectivity index (χ1v) is 6.08. The topological polar surface area (TPSA) is 43.1 Å². The molecule has 0 amide bonds. The summed E-state index contributed by atoms with van der Waals surface area (Å²) in [5, 5.41) is 0.623. The molecular formula is C15H14ClNO. The number of benzene rings is 2. The molecule has 2 aromatic carbocycles. The van der Waals surface area contributed by atoms with Gasteiger partial charge in [0.25, 0.3) is 0 Å². The fourth-order valence-corrected chi connectivity index (χ4v) is 1.97. The second kappa shape index (κ2) is 5.23. The molecule has 0 saturated heterocycles. The van der Waals surface area contributed by atoms with Crippen molar-refractivity contribution in [2.24, 2.45) is 0 Å². The Kier molecular flexibility index (Phi) is 3.68. The summed E-state index contributed by atoms with van der Waals surface area (Å²) in [6.07, 6.45) is 0.309. The van der Waals surface area contributed by atoms with Crippen LogP contribution in [0, 0.1) is 6.92 Å². The van der Waals surface area contributed by atoms with E-state index in [-0.39, 0.29) is 5.78 Å². The zero-order chi connectivity index (χ0) is 13.1. The molecule has 0 saturated carbocycles. The second-order valence-corrected chi connectivity index (χ2v) is 4.67. The highest BCUT2D eigenvalue weighted by molar-refractivity contribution is 6.31. The van der Waals surface area contributed by atoms with Gasteiger partial charge < -0.3 is 5.73 Å². The highest BCUT2D eigenvalue weighted by Crippen LogP contribution is 2.19. The maximum absolute atomic E-state index is 12.1. The van der Waals surface area contributed by atoms with E-state index in [1.165, 1.54) is 0 Å². The van der Waals surface area contributed by atoms with Crippen LogP contribution in [0.25, 0.3) is 0 Å². The first kappa shape index (κ1) is 12.7. The first-order chi connectivity index (χ1) is 8.58. The molecule has 0 aliphatic rings. The predicted molar refractivity (Wildman–Crippen MR) is 75.1 cm³/mol. The van der Waals surface area contributed by atoms with Gasteiger partial charge >= 0.3 is 0 Å². The standard InChI is InChI=1S/C15H14ClNO/c1-10-8-12(6-7-14(10)17)15(18)9-11-4-2-3-5-13(11)16/h2-8H,9,17H2,1H3. The largest absolute Gasteiger partial charge is 0.399 e. The van der Waals surface area contributed by atoms with Crippen molar-refractivity contribution in [1.29, 1.82) is 0 Å². The third-order valence-corrected chi connectivity index (χ3v) is 3.27. The van der Waals surface area contributed by atoms with Crippen molar-refractivity contribution >= 4 is 23.1 Å². The Morgan fingerprint density at radius 3 is 2.61 bits per heavy atom. The molecule has 0 aliphatic heterocycles. The zero-order valence-corrected chi connectivity index (χ0v) is 10.9. The molecule has 0 bridgehead atoms. The second-order valence-electron chi connectivity index (χ2n) is 4.26. The van der Waals surface area contributed by atoms with Gasteiger partial charge in [0.05, 0.1) is 0 Å². The molecule has 2 aromatic rings. The molecule has 0 atom stereocenters. The van der Waals surface area contributed by atoms with Gasteiger partial charge in [0.2, 0.25) is 0 Å². The van der Waals surface area contributed by atoms with Gasteiger partial charge in [-0.3, -0.25) is 4.79 Å². The number of nitrogens with two attached hydrogens (primary N) is 1. The molecule has 0 fully saturated rings. The number of aryl methyl sites for hydroxylation is 1. The van der Waals surface area contributed by atoms with Gasteiger partial charge in [0.1, 0.15) is 0 Å². The third-order valence-electron chi connectivity index (χ3n) is 2.90. The lowest BCUT2D eigenvalue weighted by Gasteiger charge is -2.06. The van der Waals surface area contributed by atoms with Crippen LogP contribution < -0.4 is 5.73 Å². The summed E-state index contributed by atoms with van der Waals surface area (Å²) in [5.41, 5.74) is 8.86. The van der Waals surface area contributed by atoms with Crippen LogP contribution in [0.3, 0.4) is 0 Å². The monoisotopic (exact) mass is 259 g/mol. The average Bonchev–Trinajstić information content (AvgIpc) is 2.35. The number of Topliss-reactive ketones (excluding diaryl/α,β-unsaturated/α-hetero) is 1. The Bertz CT molecular complexity index is 593. The third kappa shape index (κ3) is 2.71. The molecule has 0 unspecified atom stereocenters. The van der Waals surface area contributed by atoms with E-state index in [1.807, 2.05) is 31.2 Å². The maximum Gasteiger partial charge on any atom is 0.167 e. The lowest BCUT2D eigenvalue weighted by atomic mass is 10.0. The van der Waals surface area contributed by atoms with Crippen LogP contribution >= 0.6 is 11.6 Å². The maximum atomic E-state index is 12.1. The van der Waals surface area contributed by atoms with Crippen LogP contribution in [-0.2, 0) is 6.42 Å².